The van der Waals surface area contributed by atoms with Gasteiger partial charge in [-0.25, -0.2) is 0 Å². The van der Waals surface area contributed by atoms with E-state index >= 15 is 0 Å². The molecular formula is C19H32N4. The van der Waals surface area contributed by atoms with Crippen molar-refractivity contribution in [1.29, 1.82) is 0 Å². The van der Waals surface area contributed by atoms with Crippen LogP contribution in [-0.4, -0.2) is 32.3 Å². The average Bonchev–Trinajstić information content (AvgIpc) is 3.38. The van der Waals surface area contributed by atoms with Crippen molar-refractivity contribution in [2.75, 3.05) is 6.54 Å². The summed E-state index contributed by atoms with van der Waals surface area (Å²) in [5.74, 6) is 4.04. The molecule has 1 saturated heterocycles. The van der Waals surface area contributed by atoms with Gasteiger partial charge in [0.05, 0.1) is 6.54 Å². The van der Waals surface area contributed by atoms with E-state index in [-0.39, 0.29) is 0 Å². The standard InChI is InChI=1S/C19H32N4/c1-22-18(20-21-19(22)16-11-12-16)14-23-13-7-3-6-10-17(23)15-8-4-2-5-9-15/h15-17H,2-14H2,1H3/t17-/m0/s1. The molecule has 4 nitrogen and oxygen atoms in total. The summed E-state index contributed by atoms with van der Waals surface area (Å²) in [5.41, 5.74) is 0. The van der Waals surface area contributed by atoms with E-state index in [2.05, 4.69) is 26.7 Å². The molecule has 0 radical (unpaired) electrons. The third kappa shape index (κ3) is 3.47. The van der Waals surface area contributed by atoms with E-state index in [1.165, 1.54) is 88.8 Å². The van der Waals surface area contributed by atoms with E-state index in [0.29, 0.717) is 5.92 Å². The molecule has 0 spiro atoms. The summed E-state index contributed by atoms with van der Waals surface area (Å²) in [6.07, 6.45) is 15.5. The van der Waals surface area contributed by atoms with Gasteiger partial charge >= 0.3 is 0 Å². The number of aromatic nitrogens is 3. The van der Waals surface area contributed by atoms with Gasteiger partial charge in [-0.15, -0.1) is 10.2 Å². The van der Waals surface area contributed by atoms with Crippen LogP contribution < -0.4 is 0 Å². The predicted molar refractivity (Wildman–Crippen MR) is 92.2 cm³/mol. The summed E-state index contributed by atoms with van der Waals surface area (Å²) < 4.78 is 2.29. The molecule has 0 amide bonds. The van der Waals surface area contributed by atoms with Gasteiger partial charge in [-0.2, -0.15) is 0 Å². The van der Waals surface area contributed by atoms with Crippen molar-refractivity contribution in [1.82, 2.24) is 19.7 Å². The predicted octanol–water partition coefficient (Wildman–Crippen LogP) is 4.02. The van der Waals surface area contributed by atoms with Gasteiger partial charge in [-0.3, -0.25) is 4.90 Å². The second-order valence-electron chi connectivity index (χ2n) is 8.09. The fraction of sp³-hybridized carbons (Fsp3) is 0.895. The first-order valence-corrected chi connectivity index (χ1v) is 9.95. The molecule has 0 N–H and O–H groups in total. The Hall–Kier alpha value is -0.900. The summed E-state index contributed by atoms with van der Waals surface area (Å²) in [6, 6.07) is 0.791. The van der Waals surface area contributed by atoms with Crippen LogP contribution >= 0.6 is 0 Å². The molecule has 3 fully saturated rings. The van der Waals surface area contributed by atoms with Crippen LogP contribution in [-0.2, 0) is 13.6 Å². The zero-order valence-corrected chi connectivity index (χ0v) is 14.7. The van der Waals surface area contributed by atoms with Gasteiger partial charge in [0.25, 0.3) is 0 Å². The molecule has 0 bridgehead atoms. The first-order chi connectivity index (χ1) is 11.3. The molecule has 23 heavy (non-hydrogen) atoms. The fourth-order valence-corrected chi connectivity index (χ4v) is 4.83. The number of hydrogen-bond acceptors (Lipinski definition) is 3. The summed E-state index contributed by atoms with van der Waals surface area (Å²) in [5, 5.41) is 9.04. The quantitative estimate of drug-likeness (QED) is 0.841. The Morgan fingerprint density at radius 3 is 2.39 bits per heavy atom. The minimum Gasteiger partial charge on any atom is -0.317 e. The van der Waals surface area contributed by atoms with Gasteiger partial charge in [0.1, 0.15) is 11.6 Å². The largest absolute Gasteiger partial charge is 0.317 e. The maximum atomic E-state index is 4.55. The Kier molecular flexibility index (Phi) is 4.70. The molecule has 128 valence electrons. The van der Waals surface area contributed by atoms with Gasteiger partial charge in [-0.1, -0.05) is 32.1 Å². The first kappa shape index (κ1) is 15.6. The maximum Gasteiger partial charge on any atom is 0.146 e. The molecule has 2 aliphatic carbocycles. The van der Waals surface area contributed by atoms with Crippen molar-refractivity contribution in [2.45, 2.75) is 89.1 Å². The van der Waals surface area contributed by atoms with Gasteiger partial charge in [0, 0.05) is 19.0 Å². The van der Waals surface area contributed by atoms with Crippen LogP contribution in [0, 0.1) is 5.92 Å². The van der Waals surface area contributed by atoms with E-state index in [9.17, 15) is 0 Å². The van der Waals surface area contributed by atoms with Crippen molar-refractivity contribution in [2.24, 2.45) is 13.0 Å². The van der Waals surface area contributed by atoms with Gasteiger partial charge < -0.3 is 4.57 Å². The molecule has 1 aliphatic heterocycles. The van der Waals surface area contributed by atoms with Crippen LogP contribution in [0.25, 0.3) is 0 Å². The van der Waals surface area contributed by atoms with E-state index in [1.807, 2.05) is 0 Å². The zero-order chi connectivity index (χ0) is 15.6. The van der Waals surface area contributed by atoms with Crippen molar-refractivity contribution in [3.8, 4) is 0 Å². The highest BCUT2D eigenvalue weighted by molar-refractivity contribution is 5.08. The zero-order valence-electron chi connectivity index (χ0n) is 14.7. The van der Waals surface area contributed by atoms with Crippen LogP contribution in [0.2, 0.25) is 0 Å². The number of nitrogens with zero attached hydrogens (tertiary/aromatic N) is 4. The molecule has 1 aromatic heterocycles. The highest BCUT2D eigenvalue weighted by atomic mass is 15.3. The minimum absolute atomic E-state index is 0.694. The summed E-state index contributed by atoms with van der Waals surface area (Å²) in [6.45, 7) is 2.27. The maximum absolute atomic E-state index is 4.55. The van der Waals surface area contributed by atoms with E-state index in [0.717, 1.165) is 18.5 Å². The number of likely N-dealkylation sites (tertiary alicyclic amines) is 1. The van der Waals surface area contributed by atoms with E-state index < -0.39 is 0 Å². The second kappa shape index (κ2) is 6.92. The topological polar surface area (TPSA) is 34.0 Å². The SMILES string of the molecule is Cn1c(CN2CCCCC[C@H]2C2CCCCC2)nnc1C1CC1. The second-order valence-corrected chi connectivity index (χ2v) is 8.09. The Morgan fingerprint density at radius 2 is 1.61 bits per heavy atom. The fourth-order valence-electron chi connectivity index (χ4n) is 4.83. The van der Waals surface area contributed by atoms with Crippen molar-refractivity contribution in [3.63, 3.8) is 0 Å². The lowest BCUT2D eigenvalue weighted by Crippen LogP contribution is -2.41. The van der Waals surface area contributed by atoms with Crippen molar-refractivity contribution in [3.05, 3.63) is 11.6 Å². The molecular weight excluding hydrogens is 284 g/mol. The highest BCUT2D eigenvalue weighted by Gasteiger charge is 2.32. The molecule has 0 unspecified atom stereocenters. The average molecular weight is 316 g/mol. The number of rotatable bonds is 4. The summed E-state index contributed by atoms with van der Waals surface area (Å²) >= 11 is 0. The lowest BCUT2D eigenvalue weighted by atomic mass is 9.81. The van der Waals surface area contributed by atoms with Crippen LogP contribution in [0.1, 0.15) is 88.2 Å². The molecule has 4 rings (SSSR count). The minimum atomic E-state index is 0.694. The normalized spacial score (nSPS) is 28.0. The Labute approximate surface area is 140 Å². The summed E-state index contributed by atoms with van der Waals surface area (Å²) in [7, 11) is 2.18. The van der Waals surface area contributed by atoms with Crippen LogP contribution in [0.5, 0.6) is 0 Å². The molecule has 1 aromatic rings. The molecule has 4 heteroatoms. The summed E-state index contributed by atoms with van der Waals surface area (Å²) in [4.78, 5) is 2.77. The monoisotopic (exact) mass is 316 g/mol. The lowest BCUT2D eigenvalue weighted by molar-refractivity contribution is 0.108. The van der Waals surface area contributed by atoms with Crippen molar-refractivity contribution < 1.29 is 0 Å². The Morgan fingerprint density at radius 1 is 0.870 bits per heavy atom. The highest BCUT2D eigenvalue weighted by Crippen LogP contribution is 2.39. The number of hydrogen-bond donors (Lipinski definition) is 0. The van der Waals surface area contributed by atoms with Crippen LogP contribution in [0.3, 0.4) is 0 Å². The Bertz CT molecular complexity index is 513. The van der Waals surface area contributed by atoms with E-state index in [1.54, 1.807) is 0 Å². The molecule has 1 atom stereocenters. The Balaban J connectivity index is 1.49. The first-order valence-electron chi connectivity index (χ1n) is 9.95. The molecule has 2 heterocycles. The van der Waals surface area contributed by atoms with Gasteiger partial charge in [-0.05, 0) is 51.0 Å². The lowest BCUT2D eigenvalue weighted by Gasteiger charge is -2.37. The van der Waals surface area contributed by atoms with Crippen molar-refractivity contribution >= 4 is 0 Å². The van der Waals surface area contributed by atoms with Gasteiger partial charge in [0.15, 0.2) is 0 Å². The van der Waals surface area contributed by atoms with Crippen LogP contribution in [0.4, 0.5) is 0 Å². The third-order valence-corrected chi connectivity index (χ3v) is 6.39. The van der Waals surface area contributed by atoms with Crippen LogP contribution in [0.15, 0.2) is 0 Å². The molecule has 3 aliphatic rings. The smallest absolute Gasteiger partial charge is 0.146 e. The molecule has 2 saturated carbocycles. The van der Waals surface area contributed by atoms with Gasteiger partial charge in [0.2, 0.25) is 0 Å². The third-order valence-electron chi connectivity index (χ3n) is 6.39. The molecule has 0 aromatic carbocycles. The van der Waals surface area contributed by atoms with E-state index in [4.69, 9.17) is 0 Å².